The Morgan fingerprint density at radius 1 is 1.62 bits per heavy atom. The Balaban J connectivity index is 2.12. The van der Waals surface area contributed by atoms with Crippen molar-refractivity contribution in [2.45, 2.75) is 20.3 Å². The fourth-order valence-corrected chi connectivity index (χ4v) is 1.94. The van der Waals surface area contributed by atoms with E-state index in [1.165, 1.54) is 5.69 Å². The van der Waals surface area contributed by atoms with Crippen molar-refractivity contribution in [3.63, 3.8) is 0 Å². The van der Waals surface area contributed by atoms with Gasteiger partial charge in [0.05, 0.1) is 5.69 Å². The van der Waals surface area contributed by atoms with Gasteiger partial charge in [-0.05, 0) is 24.8 Å². The maximum Gasteiger partial charge on any atom is 0.0596 e. The first-order valence-corrected chi connectivity index (χ1v) is 4.79. The van der Waals surface area contributed by atoms with Crippen LogP contribution in [0, 0.1) is 12.3 Å². The molecule has 1 aliphatic heterocycles. The first-order valence-electron chi connectivity index (χ1n) is 4.79. The van der Waals surface area contributed by atoms with E-state index in [2.05, 4.69) is 23.4 Å². The highest BCUT2D eigenvalue weighted by Gasteiger charge is 2.32. The fourth-order valence-electron chi connectivity index (χ4n) is 1.94. The van der Waals surface area contributed by atoms with Crippen LogP contribution in [0.4, 0.5) is 0 Å². The Kier molecular flexibility index (Phi) is 1.91. The van der Waals surface area contributed by atoms with Gasteiger partial charge < -0.3 is 5.32 Å². The number of aromatic nitrogens is 2. The molecule has 0 aliphatic carbocycles. The van der Waals surface area contributed by atoms with Crippen molar-refractivity contribution in [2.24, 2.45) is 12.5 Å². The molecule has 3 nitrogen and oxygen atoms in total. The molecule has 0 amide bonds. The predicted molar refractivity (Wildman–Crippen MR) is 52.6 cm³/mol. The fraction of sp³-hybridized carbons (Fsp3) is 0.700. The van der Waals surface area contributed by atoms with E-state index in [0.29, 0.717) is 5.41 Å². The van der Waals surface area contributed by atoms with Gasteiger partial charge in [-0.1, -0.05) is 6.92 Å². The highest BCUT2D eigenvalue weighted by atomic mass is 15.3. The number of hydrogen-bond acceptors (Lipinski definition) is 2. The van der Waals surface area contributed by atoms with Crippen molar-refractivity contribution in [1.82, 2.24) is 15.1 Å². The largest absolute Gasteiger partial charge is 0.316 e. The van der Waals surface area contributed by atoms with Gasteiger partial charge in [0, 0.05) is 25.8 Å². The zero-order valence-corrected chi connectivity index (χ0v) is 8.59. The molecule has 0 radical (unpaired) electrons. The molecule has 1 aliphatic rings. The second kappa shape index (κ2) is 2.84. The van der Waals surface area contributed by atoms with Crippen molar-refractivity contribution < 1.29 is 0 Å². The van der Waals surface area contributed by atoms with Gasteiger partial charge in [0.25, 0.3) is 0 Å². The molecule has 1 aromatic rings. The van der Waals surface area contributed by atoms with Crippen LogP contribution in [-0.4, -0.2) is 22.9 Å². The SMILES string of the molecule is Cc1cc(CC2(C)CNC2)n(C)n1. The molecule has 0 unspecified atom stereocenters. The van der Waals surface area contributed by atoms with Gasteiger partial charge in [0.15, 0.2) is 0 Å². The summed E-state index contributed by atoms with van der Waals surface area (Å²) in [6, 6.07) is 2.18. The molecule has 1 N–H and O–H groups in total. The van der Waals surface area contributed by atoms with Crippen LogP contribution in [0.15, 0.2) is 6.07 Å². The predicted octanol–water partition coefficient (Wildman–Crippen LogP) is 0.881. The quantitative estimate of drug-likeness (QED) is 0.730. The van der Waals surface area contributed by atoms with Gasteiger partial charge in [-0.25, -0.2) is 0 Å². The third-order valence-electron chi connectivity index (χ3n) is 2.81. The van der Waals surface area contributed by atoms with Crippen LogP contribution in [0.2, 0.25) is 0 Å². The molecule has 1 aromatic heterocycles. The first-order chi connectivity index (χ1) is 6.09. The van der Waals surface area contributed by atoms with E-state index >= 15 is 0 Å². The van der Waals surface area contributed by atoms with Gasteiger partial charge in [0.1, 0.15) is 0 Å². The molecule has 72 valence electrons. The van der Waals surface area contributed by atoms with Crippen molar-refractivity contribution in [3.05, 3.63) is 17.5 Å². The van der Waals surface area contributed by atoms with Crippen molar-refractivity contribution in [2.75, 3.05) is 13.1 Å². The molecule has 0 atom stereocenters. The Morgan fingerprint density at radius 2 is 2.31 bits per heavy atom. The summed E-state index contributed by atoms with van der Waals surface area (Å²) in [4.78, 5) is 0. The van der Waals surface area contributed by atoms with Crippen molar-refractivity contribution in [1.29, 1.82) is 0 Å². The van der Waals surface area contributed by atoms with Gasteiger partial charge in [0.2, 0.25) is 0 Å². The Hall–Kier alpha value is -0.830. The summed E-state index contributed by atoms with van der Waals surface area (Å²) < 4.78 is 2.00. The lowest BCUT2D eigenvalue weighted by atomic mass is 9.80. The standard InChI is InChI=1S/C10H17N3/c1-8-4-9(13(3)12-8)5-10(2)6-11-7-10/h4,11H,5-7H2,1-3H3. The second-order valence-corrected chi connectivity index (χ2v) is 4.49. The van der Waals surface area contributed by atoms with E-state index in [0.717, 1.165) is 25.2 Å². The van der Waals surface area contributed by atoms with E-state index < -0.39 is 0 Å². The molecule has 1 saturated heterocycles. The van der Waals surface area contributed by atoms with E-state index in [1.807, 2.05) is 18.7 Å². The molecule has 13 heavy (non-hydrogen) atoms. The van der Waals surface area contributed by atoms with Crippen LogP contribution >= 0.6 is 0 Å². The lowest BCUT2D eigenvalue weighted by molar-refractivity contribution is 0.191. The number of rotatable bonds is 2. The van der Waals surface area contributed by atoms with Gasteiger partial charge in [-0.3, -0.25) is 4.68 Å². The normalized spacial score (nSPS) is 19.9. The molecule has 1 fully saturated rings. The van der Waals surface area contributed by atoms with Crippen molar-refractivity contribution in [3.8, 4) is 0 Å². The molecule has 2 heterocycles. The van der Waals surface area contributed by atoms with Crippen LogP contribution in [0.1, 0.15) is 18.3 Å². The molecular weight excluding hydrogens is 162 g/mol. The van der Waals surface area contributed by atoms with E-state index in [1.54, 1.807) is 0 Å². The zero-order chi connectivity index (χ0) is 9.47. The Morgan fingerprint density at radius 3 is 2.69 bits per heavy atom. The van der Waals surface area contributed by atoms with Gasteiger partial charge >= 0.3 is 0 Å². The summed E-state index contributed by atoms with van der Waals surface area (Å²) in [5.74, 6) is 0. The number of hydrogen-bond donors (Lipinski definition) is 1. The Bertz CT molecular complexity index is 310. The van der Waals surface area contributed by atoms with Crippen LogP contribution in [0.5, 0.6) is 0 Å². The third-order valence-corrected chi connectivity index (χ3v) is 2.81. The minimum absolute atomic E-state index is 0.459. The zero-order valence-electron chi connectivity index (χ0n) is 8.59. The van der Waals surface area contributed by atoms with E-state index in [4.69, 9.17) is 0 Å². The molecule has 0 saturated carbocycles. The van der Waals surface area contributed by atoms with Gasteiger partial charge in [-0.2, -0.15) is 5.10 Å². The molecule has 0 spiro atoms. The summed E-state index contributed by atoms with van der Waals surface area (Å²) >= 11 is 0. The molecule has 2 rings (SSSR count). The van der Waals surface area contributed by atoms with E-state index in [-0.39, 0.29) is 0 Å². The van der Waals surface area contributed by atoms with E-state index in [9.17, 15) is 0 Å². The second-order valence-electron chi connectivity index (χ2n) is 4.49. The van der Waals surface area contributed by atoms with Crippen LogP contribution in [0.3, 0.4) is 0 Å². The molecule has 0 bridgehead atoms. The van der Waals surface area contributed by atoms with Gasteiger partial charge in [-0.15, -0.1) is 0 Å². The van der Waals surface area contributed by atoms with Crippen molar-refractivity contribution >= 4 is 0 Å². The third kappa shape index (κ3) is 1.61. The monoisotopic (exact) mass is 179 g/mol. The maximum absolute atomic E-state index is 4.35. The number of nitrogens with one attached hydrogen (secondary N) is 1. The Labute approximate surface area is 79.1 Å². The average Bonchev–Trinajstić information content (AvgIpc) is 2.27. The number of nitrogens with zero attached hydrogens (tertiary/aromatic N) is 2. The minimum Gasteiger partial charge on any atom is -0.316 e. The van der Waals surface area contributed by atoms with Crippen LogP contribution in [0.25, 0.3) is 0 Å². The highest BCUT2D eigenvalue weighted by molar-refractivity contribution is 5.12. The summed E-state index contributed by atoms with van der Waals surface area (Å²) in [5, 5.41) is 7.67. The molecular formula is C10H17N3. The number of aryl methyl sites for hydroxylation is 2. The summed E-state index contributed by atoms with van der Waals surface area (Å²) in [7, 11) is 2.03. The average molecular weight is 179 g/mol. The summed E-state index contributed by atoms with van der Waals surface area (Å²) in [6.07, 6.45) is 1.14. The topological polar surface area (TPSA) is 29.9 Å². The molecule has 3 heteroatoms. The summed E-state index contributed by atoms with van der Waals surface area (Å²) in [6.45, 7) is 6.64. The smallest absolute Gasteiger partial charge is 0.0596 e. The summed E-state index contributed by atoms with van der Waals surface area (Å²) in [5.41, 5.74) is 2.93. The molecule has 0 aromatic carbocycles. The van der Waals surface area contributed by atoms with Crippen LogP contribution in [-0.2, 0) is 13.5 Å². The lowest BCUT2D eigenvalue weighted by Crippen LogP contribution is -2.52. The van der Waals surface area contributed by atoms with Crippen LogP contribution < -0.4 is 5.32 Å². The first kappa shape index (κ1) is 8.75. The minimum atomic E-state index is 0.459. The lowest BCUT2D eigenvalue weighted by Gasteiger charge is -2.39. The maximum atomic E-state index is 4.35. The highest BCUT2D eigenvalue weighted by Crippen LogP contribution is 2.26.